The van der Waals surface area contributed by atoms with Crippen LogP contribution in [-0.2, 0) is 6.54 Å². The van der Waals surface area contributed by atoms with Gasteiger partial charge in [-0.05, 0) is 29.8 Å². The van der Waals surface area contributed by atoms with E-state index in [4.69, 9.17) is 5.41 Å². The lowest BCUT2D eigenvalue weighted by Gasteiger charge is -2.20. The van der Waals surface area contributed by atoms with Crippen molar-refractivity contribution in [3.8, 4) is 5.69 Å². The quantitative estimate of drug-likeness (QED) is 0.710. The van der Waals surface area contributed by atoms with E-state index >= 15 is 0 Å². The van der Waals surface area contributed by atoms with Gasteiger partial charge in [-0.1, -0.05) is 36.4 Å². The van der Waals surface area contributed by atoms with E-state index in [0.717, 1.165) is 16.8 Å². The topological polar surface area (TPSA) is 61.1 Å². The summed E-state index contributed by atoms with van der Waals surface area (Å²) in [5, 5.41) is 9.83. The minimum Gasteiger partial charge on any atom is -0.323 e. The Balaban J connectivity index is 0.00000182. The van der Waals surface area contributed by atoms with Crippen molar-refractivity contribution in [1.29, 1.82) is 5.41 Å². The van der Waals surface area contributed by atoms with Crippen LogP contribution in [0.25, 0.3) is 5.69 Å². The molecule has 0 unspecified atom stereocenters. The summed E-state index contributed by atoms with van der Waals surface area (Å²) in [4.78, 5) is 12.8. The first-order valence-electron chi connectivity index (χ1n) is 7.72. The fourth-order valence-electron chi connectivity index (χ4n) is 2.95. The standard InChI is InChI=1S/C19H16N4O.BrH/c20-18-15-8-2-1-7-14(15)13-23(18)21-19(24)16-9-3-4-10-17(16)22-11-5-6-12-22;/h1-12,20H,13H2,(H,21,24);1H. The molecule has 5 nitrogen and oxygen atoms in total. The van der Waals surface area contributed by atoms with Crippen LogP contribution in [0.1, 0.15) is 21.5 Å². The Morgan fingerprint density at radius 2 is 1.64 bits per heavy atom. The predicted octanol–water partition coefficient (Wildman–Crippen LogP) is 3.54. The van der Waals surface area contributed by atoms with Crippen LogP contribution >= 0.6 is 17.0 Å². The zero-order chi connectivity index (χ0) is 16.5. The first-order valence-corrected chi connectivity index (χ1v) is 7.72. The number of rotatable bonds is 3. The third-order valence-electron chi connectivity index (χ3n) is 4.14. The van der Waals surface area contributed by atoms with E-state index in [2.05, 4.69) is 5.43 Å². The molecule has 3 aromatic rings. The molecule has 0 radical (unpaired) electrons. The number of nitrogens with one attached hydrogen (secondary N) is 2. The maximum atomic E-state index is 12.8. The second-order valence-corrected chi connectivity index (χ2v) is 5.64. The van der Waals surface area contributed by atoms with Crippen molar-refractivity contribution in [1.82, 2.24) is 15.0 Å². The molecule has 4 rings (SSSR count). The van der Waals surface area contributed by atoms with Crippen molar-refractivity contribution in [2.24, 2.45) is 0 Å². The summed E-state index contributed by atoms with van der Waals surface area (Å²) in [6, 6.07) is 19.0. The first kappa shape index (κ1) is 17.0. The van der Waals surface area contributed by atoms with Crippen molar-refractivity contribution in [3.63, 3.8) is 0 Å². The average molecular weight is 397 g/mol. The highest BCUT2D eigenvalue weighted by Gasteiger charge is 2.26. The van der Waals surface area contributed by atoms with Crippen LogP contribution in [0.3, 0.4) is 0 Å². The van der Waals surface area contributed by atoms with Gasteiger partial charge in [-0.25, -0.2) is 0 Å². The Kier molecular flexibility index (Phi) is 4.72. The normalized spacial score (nSPS) is 12.5. The lowest BCUT2D eigenvalue weighted by molar-refractivity contribution is 0.0869. The molecule has 1 aliphatic heterocycles. The van der Waals surface area contributed by atoms with Crippen LogP contribution in [0.4, 0.5) is 0 Å². The molecule has 25 heavy (non-hydrogen) atoms. The minimum absolute atomic E-state index is 0. The number of hydrogen-bond donors (Lipinski definition) is 2. The van der Waals surface area contributed by atoms with Crippen molar-refractivity contribution >= 4 is 28.7 Å². The van der Waals surface area contributed by atoms with E-state index in [9.17, 15) is 4.79 Å². The van der Waals surface area contributed by atoms with Gasteiger partial charge in [-0.15, -0.1) is 17.0 Å². The molecule has 2 aromatic carbocycles. The molecule has 1 aromatic heterocycles. The molecule has 2 heterocycles. The van der Waals surface area contributed by atoms with Crippen molar-refractivity contribution in [2.45, 2.75) is 6.54 Å². The number of halogens is 1. The highest BCUT2D eigenvalue weighted by molar-refractivity contribution is 8.93. The summed E-state index contributed by atoms with van der Waals surface area (Å²) in [7, 11) is 0. The molecule has 0 saturated heterocycles. The zero-order valence-electron chi connectivity index (χ0n) is 13.3. The van der Waals surface area contributed by atoms with E-state index in [0.29, 0.717) is 17.9 Å². The van der Waals surface area contributed by atoms with Gasteiger partial charge in [0.25, 0.3) is 5.91 Å². The number of nitrogens with zero attached hydrogens (tertiary/aromatic N) is 2. The van der Waals surface area contributed by atoms with E-state index in [1.807, 2.05) is 71.6 Å². The van der Waals surface area contributed by atoms with Crippen LogP contribution in [-0.4, -0.2) is 21.3 Å². The molecule has 1 amide bonds. The summed E-state index contributed by atoms with van der Waals surface area (Å²) in [5.74, 6) is 0.0919. The number of amidine groups is 1. The van der Waals surface area contributed by atoms with Crippen LogP contribution in [0.2, 0.25) is 0 Å². The molecule has 0 saturated carbocycles. The van der Waals surface area contributed by atoms with Crippen LogP contribution < -0.4 is 5.43 Å². The lowest BCUT2D eigenvalue weighted by atomic mass is 10.1. The largest absolute Gasteiger partial charge is 0.323 e. The highest BCUT2D eigenvalue weighted by Crippen LogP contribution is 2.21. The van der Waals surface area contributed by atoms with E-state index < -0.39 is 0 Å². The Morgan fingerprint density at radius 1 is 0.960 bits per heavy atom. The van der Waals surface area contributed by atoms with Gasteiger partial charge in [0.1, 0.15) is 5.84 Å². The van der Waals surface area contributed by atoms with Gasteiger partial charge in [0.05, 0.1) is 17.8 Å². The Hall–Kier alpha value is -2.86. The second kappa shape index (κ2) is 6.94. The molecule has 126 valence electrons. The number of hydrazine groups is 1. The van der Waals surface area contributed by atoms with Crippen LogP contribution in [0.15, 0.2) is 73.1 Å². The first-order chi connectivity index (χ1) is 11.7. The summed E-state index contributed by atoms with van der Waals surface area (Å²) in [6.07, 6.45) is 3.81. The number of carbonyl (C=O) groups is 1. The number of para-hydroxylation sites is 1. The number of carbonyl (C=O) groups excluding carboxylic acids is 1. The van der Waals surface area contributed by atoms with Crippen LogP contribution in [0, 0.1) is 5.41 Å². The van der Waals surface area contributed by atoms with Crippen LogP contribution in [0.5, 0.6) is 0 Å². The highest BCUT2D eigenvalue weighted by atomic mass is 79.9. The van der Waals surface area contributed by atoms with E-state index in [-0.39, 0.29) is 22.9 Å². The van der Waals surface area contributed by atoms with Gasteiger partial charge in [0, 0.05) is 18.0 Å². The zero-order valence-corrected chi connectivity index (χ0v) is 15.1. The van der Waals surface area contributed by atoms with Crippen molar-refractivity contribution in [3.05, 3.63) is 89.7 Å². The Morgan fingerprint density at radius 3 is 2.40 bits per heavy atom. The summed E-state index contributed by atoms with van der Waals surface area (Å²) < 4.78 is 1.90. The molecule has 0 bridgehead atoms. The Labute approximate surface area is 156 Å². The smallest absolute Gasteiger partial charge is 0.271 e. The molecule has 6 heteroatoms. The monoisotopic (exact) mass is 396 g/mol. The van der Waals surface area contributed by atoms with E-state index in [1.54, 1.807) is 11.1 Å². The molecule has 2 N–H and O–H groups in total. The summed E-state index contributed by atoms with van der Waals surface area (Å²) >= 11 is 0. The second-order valence-electron chi connectivity index (χ2n) is 5.64. The summed E-state index contributed by atoms with van der Waals surface area (Å²) in [6.45, 7) is 0.506. The van der Waals surface area contributed by atoms with Crippen molar-refractivity contribution in [2.75, 3.05) is 0 Å². The third-order valence-corrected chi connectivity index (χ3v) is 4.14. The maximum Gasteiger partial charge on any atom is 0.271 e. The minimum atomic E-state index is -0.225. The third kappa shape index (κ3) is 3.08. The molecular weight excluding hydrogens is 380 g/mol. The maximum absolute atomic E-state index is 12.8. The van der Waals surface area contributed by atoms with Gasteiger partial charge < -0.3 is 4.57 Å². The lowest BCUT2D eigenvalue weighted by Crippen LogP contribution is -2.42. The number of aromatic nitrogens is 1. The van der Waals surface area contributed by atoms with Gasteiger partial charge in [0.2, 0.25) is 0 Å². The number of hydrogen-bond acceptors (Lipinski definition) is 2. The van der Waals surface area contributed by atoms with Gasteiger partial charge in [0.15, 0.2) is 0 Å². The van der Waals surface area contributed by atoms with Gasteiger partial charge >= 0.3 is 0 Å². The molecule has 0 aliphatic carbocycles. The fraction of sp³-hybridized carbons (Fsp3) is 0.0526. The number of amides is 1. The Bertz CT molecular complexity index is 921. The van der Waals surface area contributed by atoms with E-state index in [1.165, 1.54) is 0 Å². The molecule has 0 atom stereocenters. The average Bonchev–Trinajstić information content (AvgIpc) is 3.24. The molecule has 0 spiro atoms. The summed E-state index contributed by atoms with van der Waals surface area (Å²) in [5.41, 5.74) is 6.13. The number of benzene rings is 2. The molecule has 1 aliphatic rings. The van der Waals surface area contributed by atoms with Crippen molar-refractivity contribution < 1.29 is 4.79 Å². The van der Waals surface area contributed by atoms with Gasteiger partial charge in [-0.2, -0.15) is 0 Å². The fourth-order valence-corrected chi connectivity index (χ4v) is 2.95. The SMILES string of the molecule is Br.N=C1c2ccccc2CN1NC(=O)c1ccccc1-n1cccc1. The molecule has 0 fully saturated rings. The predicted molar refractivity (Wildman–Crippen MR) is 102 cm³/mol. The van der Waals surface area contributed by atoms with Gasteiger partial charge in [-0.3, -0.25) is 20.6 Å². The molecular formula is C19H17BrN4O. The number of fused-ring (bicyclic) bond motifs is 1.